The van der Waals surface area contributed by atoms with Crippen molar-refractivity contribution in [3.63, 3.8) is 0 Å². The molecule has 5 nitrogen and oxygen atoms in total. The van der Waals surface area contributed by atoms with Gasteiger partial charge in [0.1, 0.15) is 0 Å². The van der Waals surface area contributed by atoms with Crippen LogP contribution in [-0.2, 0) is 16.1 Å². The Labute approximate surface area is 181 Å². The van der Waals surface area contributed by atoms with Crippen LogP contribution in [0.2, 0.25) is 0 Å². The first kappa shape index (κ1) is 25.2. The summed E-state index contributed by atoms with van der Waals surface area (Å²) in [6.45, 7) is 6.71. The van der Waals surface area contributed by atoms with Gasteiger partial charge in [-0.25, -0.2) is 0 Å². The third-order valence-electron chi connectivity index (χ3n) is 6.00. The topological polar surface area (TPSA) is 53.6 Å². The second-order valence-corrected chi connectivity index (χ2v) is 7.93. The molecule has 1 aromatic rings. The Bertz CT molecular complexity index is 586. The zero-order valence-electron chi connectivity index (χ0n) is 17.0. The molecule has 1 amide bonds. The van der Waals surface area contributed by atoms with Crippen molar-refractivity contribution in [1.82, 2.24) is 10.2 Å². The Morgan fingerprint density at radius 1 is 1.21 bits per heavy atom. The Kier molecular flexibility index (Phi) is 10.8. The van der Waals surface area contributed by atoms with Gasteiger partial charge in [-0.2, -0.15) is 0 Å². The molecule has 2 aliphatic heterocycles. The van der Waals surface area contributed by atoms with Crippen LogP contribution in [0.4, 0.5) is 5.69 Å². The van der Waals surface area contributed by atoms with Crippen LogP contribution >= 0.6 is 24.8 Å². The van der Waals surface area contributed by atoms with Crippen molar-refractivity contribution in [3.8, 4) is 0 Å². The van der Waals surface area contributed by atoms with E-state index >= 15 is 0 Å². The molecule has 2 heterocycles. The van der Waals surface area contributed by atoms with Gasteiger partial charge in [0, 0.05) is 25.4 Å². The lowest BCUT2D eigenvalue weighted by atomic mass is 9.78. The van der Waals surface area contributed by atoms with Crippen LogP contribution in [0.1, 0.15) is 44.6 Å². The first-order valence-corrected chi connectivity index (χ1v) is 9.97. The summed E-state index contributed by atoms with van der Waals surface area (Å²) in [5.74, 6) is 0.0817. The number of hydrogen-bond acceptors (Lipinski definition) is 4. The van der Waals surface area contributed by atoms with Gasteiger partial charge in [0.25, 0.3) is 0 Å². The number of ether oxygens (including phenoxy) is 1. The number of carbonyl (C=O) groups is 1. The summed E-state index contributed by atoms with van der Waals surface area (Å²) in [6.07, 6.45) is 5.58. The van der Waals surface area contributed by atoms with Gasteiger partial charge in [0.15, 0.2) is 0 Å². The number of carbonyl (C=O) groups excluding carboxylic acids is 1. The van der Waals surface area contributed by atoms with Crippen molar-refractivity contribution in [2.24, 2.45) is 5.41 Å². The van der Waals surface area contributed by atoms with Crippen LogP contribution in [0.25, 0.3) is 0 Å². The Balaban J connectivity index is 0.00000196. The summed E-state index contributed by atoms with van der Waals surface area (Å²) >= 11 is 0. The van der Waals surface area contributed by atoms with Crippen LogP contribution in [0.5, 0.6) is 0 Å². The fourth-order valence-corrected chi connectivity index (χ4v) is 4.20. The molecule has 0 saturated carbocycles. The maximum absolute atomic E-state index is 12.9. The van der Waals surface area contributed by atoms with E-state index in [-0.39, 0.29) is 30.7 Å². The highest BCUT2D eigenvalue weighted by molar-refractivity contribution is 5.95. The maximum atomic E-state index is 12.9. The Morgan fingerprint density at radius 3 is 2.50 bits per heavy atom. The Hall–Kier alpha value is -0.850. The molecule has 0 bridgehead atoms. The minimum absolute atomic E-state index is 0. The molecule has 28 heavy (non-hydrogen) atoms. The lowest BCUT2D eigenvalue weighted by Crippen LogP contribution is -2.47. The number of halogens is 2. The smallest absolute Gasteiger partial charge is 0.233 e. The molecule has 1 unspecified atom stereocenters. The van der Waals surface area contributed by atoms with E-state index in [0.717, 1.165) is 38.2 Å². The molecule has 0 aromatic heterocycles. The van der Waals surface area contributed by atoms with Gasteiger partial charge < -0.3 is 15.4 Å². The largest absolute Gasteiger partial charge is 0.384 e. The molecular weight excluding hydrogens is 397 g/mol. The summed E-state index contributed by atoms with van der Waals surface area (Å²) < 4.78 is 5.36. The lowest BCUT2D eigenvalue weighted by molar-refractivity contribution is -0.130. The molecule has 7 heteroatoms. The van der Waals surface area contributed by atoms with E-state index in [1.54, 1.807) is 7.11 Å². The number of piperidine rings is 2. The lowest BCUT2D eigenvalue weighted by Gasteiger charge is -2.35. The van der Waals surface area contributed by atoms with Gasteiger partial charge >= 0.3 is 0 Å². The average molecular weight is 432 g/mol. The second kappa shape index (κ2) is 12.0. The fourth-order valence-electron chi connectivity index (χ4n) is 4.20. The van der Waals surface area contributed by atoms with E-state index in [2.05, 4.69) is 34.6 Å². The van der Waals surface area contributed by atoms with E-state index in [9.17, 15) is 4.79 Å². The quantitative estimate of drug-likeness (QED) is 0.717. The first-order valence-electron chi connectivity index (χ1n) is 9.97. The summed E-state index contributed by atoms with van der Waals surface area (Å²) in [7, 11) is 1.67. The fraction of sp³-hybridized carbons (Fsp3) is 0.667. The Morgan fingerprint density at radius 2 is 1.89 bits per heavy atom. The SMILES string of the molecule is COCC1(C(=O)Nc2ccc(CN3CCCCC3C)cc2)CCNCC1.Cl.Cl. The molecule has 1 atom stereocenters. The van der Waals surface area contributed by atoms with E-state index in [1.807, 2.05) is 12.1 Å². The molecule has 2 saturated heterocycles. The molecule has 1 aromatic carbocycles. The highest BCUT2D eigenvalue weighted by Gasteiger charge is 2.39. The van der Waals surface area contributed by atoms with Gasteiger partial charge in [0.05, 0.1) is 12.0 Å². The van der Waals surface area contributed by atoms with Crippen LogP contribution in [0, 0.1) is 5.41 Å². The number of amides is 1. The molecule has 3 rings (SSSR count). The molecule has 0 aliphatic carbocycles. The number of hydrogen-bond donors (Lipinski definition) is 2. The van der Waals surface area contributed by atoms with Crippen molar-refractivity contribution in [2.45, 2.75) is 51.6 Å². The molecule has 2 fully saturated rings. The van der Waals surface area contributed by atoms with Gasteiger partial charge in [-0.1, -0.05) is 18.6 Å². The first-order chi connectivity index (χ1) is 12.6. The zero-order valence-corrected chi connectivity index (χ0v) is 18.7. The summed E-state index contributed by atoms with van der Waals surface area (Å²) in [6, 6.07) is 9.01. The number of nitrogens with one attached hydrogen (secondary N) is 2. The maximum Gasteiger partial charge on any atom is 0.233 e. The summed E-state index contributed by atoms with van der Waals surface area (Å²) in [5.41, 5.74) is 1.77. The molecular formula is C21H35Cl2N3O2. The zero-order chi connectivity index (χ0) is 18.4. The molecule has 2 aliphatic rings. The highest BCUT2D eigenvalue weighted by Crippen LogP contribution is 2.31. The minimum atomic E-state index is -0.415. The van der Waals surface area contributed by atoms with Crippen molar-refractivity contribution in [1.29, 1.82) is 0 Å². The van der Waals surface area contributed by atoms with Gasteiger partial charge in [-0.05, 0) is 69.9 Å². The predicted octanol–water partition coefficient (Wildman–Crippen LogP) is 3.86. The van der Waals surface area contributed by atoms with Crippen LogP contribution in [0.15, 0.2) is 24.3 Å². The third kappa shape index (κ3) is 6.33. The minimum Gasteiger partial charge on any atom is -0.384 e. The average Bonchev–Trinajstić information content (AvgIpc) is 2.66. The number of methoxy groups -OCH3 is 1. The number of likely N-dealkylation sites (tertiary alicyclic amines) is 1. The van der Waals surface area contributed by atoms with E-state index in [4.69, 9.17) is 4.74 Å². The van der Waals surface area contributed by atoms with Crippen LogP contribution in [0.3, 0.4) is 0 Å². The van der Waals surface area contributed by atoms with Gasteiger partial charge in [-0.3, -0.25) is 9.69 Å². The number of benzene rings is 1. The van der Waals surface area contributed by atoms with Gasteiger partial charge in [-0.15, -0.1) is 24.8 Å². The third-order valence-corrected chi connectivity index (χ3v) is 6.00. The predicted molar refractivity (Wildman–Crippen MR) is 120 cm³/mol. The van der Waals surface area contributed by atoms with E-state index in [0.29, 0.717) is 12.6 Å². The molecule has 0 radical (unpaired) electrons. The standard InChI is InChI=1S/C21H33N3O2.2ClH/c1-17-5-3-4-14-24(17)15-18-6-8-19(9-7-18)23-20(25)21(16-26-2)10-12-22-13-11-21;;/h6-9,17,22H,3-5,10-16H2,1-2H3,(H,23,25);2*1H. The summed E-state index contributed by atoms with van der Waals surface area (Å²) in [5, 5.41) is 6.44. The number of nitrogens with zero attached hydrogens (tertiary/aromatic N) is 1. The highest BCUT2D eigenvalue weighted by atomic mass is 35.5. The second-order valence-electron chi connectivity index (χ2n) is 7.93. The van der Waals surface area contributed by atoms with Crippen molar-refractivity contribution >= 4 is 36.4 Å². The monoisotopic (exact) mass is 431 g/mol. The van der Waals surface area contributed by atoms with Crippen molar-refractivity contribution in [3.05, 3.63) is 29.8 Å². The number of rotatable bonds is 6. The van der Waals surface area contributed by atoms with E-state index < -0.39 is 5.41 Å². The van der Waals surface area contributed by atoms with Gasteiger partial charge in [0.2, 0.25) is 5.91 Å². The van der Waals surface area contributed by atoms with Crippen LogP contribution in [-0.4, -0.2) is 50.2 Å². The van der Waals surface area contributed by atoms with Crippen LogP contribution < -0.4 is 10.6 Å². The number of anilines is 1. The normalized spacial score (nSPS) is 21.9. The van der Waals surface area contributed by atoms with Crippen molar-refractivity contribution < 1.29 is 9.53 Å². The molecule has 160 valence electrons. The van der Waals surface area contributed by atoms with Crippen molar-refractivity contribution in [2.75, 3.05) is 38.7 Å². The van der Waals surface area contributed by atoms with E-state index in [1.165, 1.54) is 31.4 Å². The molecule has 2 N–H and O–H groups in total. The summed E-state index contributed by atoms with van der Waals surface area (Å²) in [4.78, 5) is 15.5. The molecule has 0 spiro atoms.